The Morgan fingerprint density at radius 3 is 2.36 bits per heavy atom. The molecule has 2 aliphatic heterocycles. The van der Waals surface area contributed by atoms with Crippen molar-refractivity contribution in [2.45, 2.75) is 26.4 Å². The minimum atomic E-state index is -0.249. The molecule has 2 amide bonds. The lowest BCUT2D eigenvalue weighted by Crippen LogP contribution is -2.40. The number of amides is 2. The van der Waals surface area contributed by atoms with Gasteiger partial charge in [0.05, 0.1) is 32.0 Å². The van der Waals surface area contributed by atoms with E-state index in [0.717, 1.165) is 5.56 Å². The van der Waals surface area contributed by atoms with E-state index in [2.05, 4.69) is 0 Å². The second-order valence-corrected chi connectivity index (χ2v) is 7.09. The third kappa shape index (κ3) is 4.36. The van der Waals surface area contributed by atoms with E-state index in [0.29, 0.717) is 62.9 Å². The number of hydrogen-bond acceptors (Lipinski definition) is 6. The maximum atomic E-state index is 13.2. The molecule has 2 aliphatic rings. The quantitative estimate of drug-likeness (QED) is 0.501. The highest BCUT2D eigenvalue weighted by molar-refractivity contribution is 6.35. The molecule has 1 fully saturated rings. The summed E-state index contributed by atoms with van der Waals surface area (Å²) in [6.07, 6.45) is 0.740. The van der Waals surface area contributed by atoms with Crippen LogP contribution in [0, 0.1) is 0 Å². The van der Waals surface area contributed by atoms with E-state index in [1.54, 1.807) is 19.2 Å². The van der Waals surface area contributed by atoms with Crippen molar-refractivity contribution in [1.82, 2.24) is 9.80 Å². The summed E-state index contributed by atoms with van der Waals surface area (Å²) in [5, 5.41) is 0. The van der Waals surface area contributed by atoms with Gasteiger partial charge in [0.15, 0.2) is 0 Å². The first-order valence-electron chi connectivity index (χ1n) is 9.72. The van der Waals surface area contributed by atoms with Gasteiger partial charge in [0.25, 0.3) is 11.8 Å². The van der Waals surface area contributed by atoms with Crippen molar-refractivity contribution in [3.8, 4) is 5.75 Å². The Hall–Kier alpha value is -2.38. The molecule has 2 heterocycles. The fraction of sp³-hybridized carbons (Fsp3) is 0.524. The molecule has 0 radical (unpaired) electrons. The third-order valence-corrected chi connectivity index (χ3v) is 4.83. The summed E-state index contributed by atoms with van der Waals surface area (Å²) >= 11 is 0. The minimum Gasteiger partial charge on any atom is -0.497 e. The SMILES string of the molecule is COc1ccc(C2=C(N3CCOCC3)C(=O)N(CCCOC(C)C)C2=O)cc1. The minimum absolute atomic E-state index is 0.127. The smallest absolute Gasteiger partial charge is 0.277 e. The van der Waals surface area contributed by atoms with Crippen molar-refractivity contribution in [3.05, 3.63) is 35.5 Å². The van der Waals surface area contributed by atoms with Crippen LogP contribution < -0.4 is 4.74 Å². The van der Waals surface area contributed by atoms with Crippen molar-refractivity contribution >= 4 is 17.4 Å². The highest BCUT2D eigenvalue weighted by Crippen LogP contribution is 2.33. The molecular weight excluding hydrogens is 360 g/mol. The molecule has 1 saturated heterocycles. The van der Waals surface area contributed by atoms with Gasteiger partial charge in [0.2, 0.25) is 0 Å². The van der Waals surface area contributed by atoms with E-state index >= 15 is 0 Å². The first-order chi connectivity index (χ1) is 13.5. The summed E-state index contributed by atoms with van der Waals surface area (Å²) in [7, 11) is 1.60. The molecule has 1 aromatic carbocycles. The summed E-state index contributed by atoms with van der Waals surface area (Å²) in [5.74, 6) is 0.222. The standard InChI is InChI=1S/C21H28N2O5/c1-15(2)28-12-4-9-23-20(24)18(16-5-7-17(26-3)8-6-16)19(21(23)25)22-10-13-27-14-11-22/h5-8,15H,4,9-14H2,1-3H3. The Kier molecular flexibility index (Phi) is 6.70. The molecule has 7 heteroatoms. The number of nitrogens with zero attached hydrogens (tertiary/aromatic N) is 2. The molecule has 1 aromatic rings. The third-order valence-electron chi connectivity index (χ3n) is 4.83. The van der Waals surface area contributed by atoms with E-state index in [-0.39, 0.29) is 17.9 Å². The molecule has 0 saturated carbocycles. The van der Waals surface area contributed by atoms with Gasteiger partial charge in [0.1, 0.15) is 11.4 Å². The van der Waals surface area contributed by atoms with Crippen LogP contribution in [0.2, 0.25) is 0 Å². The molecule has 0 aromatic heterocycles. The van der Waals surface area contributed by atoms with Gasteiger partial charge < -0.3 is 19.1 Å². The molecule has 152 valence electrons. The molecule has 0 spiro atoms. The summed E-state index contributed by atoms with van der Waals surface area (Å²) in [6, 6.07) is 7.25. The number of methoxy groups -OCH3 is 1. The lowest BCUT2D eigenvalue weighted by atomic mass is 10.0. The summed E-state index contributed by atoms with van der Waals surface area (Å²) in [4.78, 5) is 29.6. The number of benzene rings is 1. The Morgan fingerprint density at radius 1 is 1.07 bits per heavy atom. The lowest BCUT2D eigenvalue weighted by molar-refractivity contribution is -0.138. The van der Waals surface area contributed by atoms with Crippen molar-refractivity contribution in [2.24, 2.45) is 0 Å². The number of morpholine rings is 1. The fourth-order valence-corrected chi connectivity index (χ4v) is 3.41. The molecule has 7 nitrogen and oxygen atoms in total. The zero-order chi connectivity index (χ0) is 20.1. The number of ether oxygens (including phenoxy) is 3. The average Bonchev–Trinajstić information content (AvgIpc) is 2.96. The van der Waals surface area contributed by atoms with Crippen LogP contribution in [0.3, 0.4) is 0 Å². The van der Waals surface area contributed by atoms with Gasteiger partial charge in [-0.2, -0.15) is 0 Å². The zero-order valence-electron chi connectivity index (χ0n) is 16.8. The average molecular weight is 388 g/mol. The molecule has 0 atom stereocenters. The van der Waals surface area contributed by atoms with Crippen LogP contribution in [0.15, 0.2) is 30.0 Å². The highest BCUT2D eigenvalue weighted by Gasteiger charge is 2.41. The largest absolute Gasteiger partial charge is 0.497 e. The van der Waals surface area contributed by atoms with Crippen LogP contribution >= 0.6 is 0 Å². The van der Waals surface area contributed by atoms with E-state index in [4.69, 9.17) is 14.2 Å². The summed E-state index contributed by atoms with van der Waals surface area (Å²) in [6.45, 7) is 7.07. The molecule has 0 bridgehead atoms. The van der Waals surface area contributed by atoms with Gasteiger partial charge in [0, 0.05) is 26.2 Å². The highest BCUT2D eigenvalue weighted by atomic mass is 16.5. The molecular formula is C21H28N2O5. The number of hydrogen-bond donors (Lipinski definition) is 0. The van der Waals surface area contributed by atoms with Crippen LogP contribution in [0.1, 0.15) is 25.8 Å². The van der Waals surface area contributed by atoms with Gasteiger partial charge in [-0.3, -0.25) is 14.5 Å². The predicted octanol–water partition coefficient (Wildman–Crippen LogP) is 1.92. The van der Waals surface area contributed by atoms with Crippen LogP contribution in [0.5, 0.6) is 5.75 Å². The predicted molar refractivity (Wildman–Crippen MR) is 105 cm³/mol. The van der Waals surface area contributed by atoms with Gasteiger partial charge in [-0.05, 0) is 38.0 Å². The Morgan fingerprint density at radius 2 is 1.75 bits per heavy atom. The van der Waals surface area contributed by atoms with Gasteiger partial charge >= 0.3 is 0 Å². The second kappa shape index (κ2) is 9.21. The Labute approximate surface area is 165 Å². The molecule has 28 heavy (non-hydrogen) atoms. The zero-order valence-corrected chi connectivity index (χ0v) is 16.8. The maximum absolute atomic E-state index is 13.2. The lowest BCUT2D eigenvalue weighted by Gasteiger charge is -2.29. The van der Waals surface area contributed by atoms with Gasteiger partial charge in [-0.15, -0.1) is 0 Å². The number of carbonyl (C=O) groups excluding carboxylic acids is 2. The van der Waals surface area contributed by atoms with E-state index in [1.165, 1.54) is 4.90 Å². The monoisotopic (exact) mass is 388 g/mol. The van der Waals surface area contributed by atoms with Crippen LogP contribution in [-0.4, -0.2) is 74.3 Å². The van der Waals surface area contributed by atoms with Crippen LogP contribution in [-0.2, 0) is 19.1 Å². The van der Waals surface area contributed by atoms with Gasteiger partial charge in [-0.25, -0.2) is 0 Å². The first kappa shape index (κ1) is 20.4. The Bertz CT molecular complexity index is 736. The molecule has 0 unspecified atom stereocenters. The van der Waals surface area contributed by atoms with Crippen LogP contribution in [0.4, 0.5) is 0 Å². The van der Waals surface area contributed by atoms with E-state index in [1.807, 2.05) is 30.9 Å². The Balaban J connectivity index is 1.86. The first-order valence-corrected chi connectivity index (χ1v) is 9.72. The van der Waals surface area contributed by atoms with Crippen molar-refractivity contribution in [3.63, 3.8) is 0 Å². The number of imide groups is 1. The molecule has 0 aliphatic carbocycles. The van der Waals surface area contributed by atoms with Crippen molar-refractivity contribution < 1.29 is 23.8 Å². The number of carbonyl (C=O) groups is 2. The molecule has 0 N–H and O–H groups in total. The summed E-state index contributed by atoms with van der Waals surface area (Å²) < 4.78 is 16.2. The van der Waals surface area contributed by atoms with Crippen molar-refractivity contribution in [2.75, 3.05) is 46.6 Å². The second-order valence-electron chi connectivity index (χ2n) is 7.09. The van der Waals surface area contributed by atoms with Gasteiger partial charge in [-0.1, -0.05) is 12.1 Å². The molecule has 3 rings (SSSR count). The maximum Gasteiger partial charge on any atom is 0.277 e. The summed E-state index contributed by atoms with van der Waals surface area (Å²) in [5.41, 5.74) is 1.66. The number of rotatable bonds is 8. The normalized spacial score (nSPS) is 17.9. The van der Waals surface area contributed by atoms with E-state index < -0.39 is 0 Å². The van der Waals surface area contributed by atoms with Crippen molar-refractivity contribution in [1.29, 1.82) is 0 Å². The fourth-order valence-electron chi connectivity index (χ4n) is 3.41. The topological polar surface area (TPSA) is 68.3 Å². The van der Waals surface area contributed by atoms with E-state index in [9.17, 15) is 9.59 Å². The van der Waals surface area contributed by atoms with Crippen LogP contribution in [0.25, 0.3) is 5.57 Å².